The molecule has 1 aromatic carbocycles. The van der Waals surface area contributed by atoms with Gasteiger partial charge in [-0.3, -0.25) is 0 Å². The Hall–Kier alpha value is -2.77. The van der Waals surface area contributed by atoms with Crippen molar-refractivity contribution in [2.75, 3.05) is 13.1 Å². The van der Waals surface area contributed by atoms with Crippen LogP contribution in [-0.2, 0) is 11.3 Å². The number of carbonyl (C=O) groups is 3. The summed E-state index contributed by atoms with van der Waals surface area (Å²) in [6, 6.07) is 5.89. The van der Waals surface area contributed by atoms with E-state index in [-0.39, 0.29) is 25.2 Å². The molecule has 0 spiro atoms. The first-order chi connectivity index (χ1) is 11.2. The average Bonchev–Trinajstić information content (AvgIpc) is 2.48. The number of alkyl carbamates (subject to hydrolysis) is 1. The van der Waals surface area contributed by atoms with Gasteiger partial charge in [-0.05, 0) is 38.5 Å². The number of carboxylic acids is 1. The van der Waals surface area contributed by atoms with Crippen LogP contribution in [0.15, 0.2) is 24.3 Å². The van der Waals surface area contributed by atoms with E-state index in [1.165, 1.54) is 12.1 Å². The van der Waals surface area contributed by atoms with E-state index in [0.29, 0.717) is 5.56 Å². The number of hydrogen-bond donors (Lipinski definition) is 4. The number of amides is 3. The molecule has 0 bridgehead atoms. The van der Waals surface area contributed by atoms with Crippen LogP contribution in [0.1, 0.15) is 36.7 Å². The lowest BCUT2D eigenvalue weighted by Crippen LogP contribution is -2.41. The molecule has 0 aromatic heterocycles. The summed E-state index contributed by atoms with van der Waals surface area (Å²) in [4.78, 5) is 33.9. The summed E-state index contributed by atoms with van der Waals surface area (Å²) < 4.78 is 5.05. The van der Waals surface area contributed by atoms with Crippen molar-refractivity contribution in [1.29, 1.82) is 0 Å². The maximum absolute atomic E-state index is 11.6. The zero-order chi connectivity index (χ0) is 18.2. The van der Waals surface area contributed by atoms with E-state index in [1.54, 1.807) is 32.9 Å². The SMILES string of the molecule is CC(C)(C)OC(=O)NCCNC(=O)NCc1cccc(C(=O)O)c1. The molecule has 132 valence electrons. The summed E-state index contributed by atoms with van der Waals surface area (Å²) in [6.07, 6.45) is -0.546. The lowest BCUT2D eigenvalue weighted by molar-refractivity contribution is 0.0527. The van der Waals surface area contributed by atoms with E-state index >= 15 is 0 Å². The molecule has 3 amide bonds. The van der Waals surface area contributed by atoms with E-state index in [4.69, 9.17) is 9.84 Å². The Morgan fingerprint density at radius 1 is 1.08 bits per heavy atom. The summed E-state index contributed by atoms with van der Waals surface area (Å²) >= 11 is 0. The van der Waals surface area contributed by atoms with Crippen molar-refractivity contribution in [1.82, 2.24) is 16.0 Å². The van der Waals surface area contributed by atoms with Gasteiger partial charge in [0.25, 0.3) is 0 Å². The highest BCUT2D eigenvalue weighted by Crippen LogP contribution is 2.06. The second-order valence-corrected chi connectivity index (χ2v) is 6.04. The highest BCUT2D eigenvalue weighted by atomic mass is 16.6. The van der Waals surface area contributed by atoms with Crippen molar-refractivity contribution >= 4 is 18.1 Å². The fraction of sp³-hybridized carbons (Fsp3) is 0.438. The van der Waals surface area contributed by atoms with Crippen molar-refractivity contribution in [2.45, 2.75) is 32.9 Å². The number of carbonyl (C=O) groups excluding carboxylic acids is 2. The molecule has 1 aromatic rings. The third-order valence-electron chi connectivity index (χ3n) is 2.71. The number of benzene rings is 1. The number of nitrogens with one attached hydrogen (secondary N) is 3. The van der Waals surface area contributed by atoms with Gasteiger partial charge < -0.3 is 25.8 Å². The molecule has 1 rings (SSSR count). The lowest BCUT2D eigenvalue weighted by atomic mass is 10.1. The van der Waals surface area contributed by atoms with Gasteiger partial charge in [0.2, 0.25) is 0 Å². The Morgan fingerprint density at radius 3 is 2.38 bits per heavy atom. The van der Waals surface area contributed by atoms with Crippen LogP contribution in [0.25, 0.3) is 0 Å². The Kier molecular flexibility index (Phi) is 7.03. The molecular weight excluding hydrogens is 314 g/mol. The van der Waals surface area contributed by atoms with Crippen molar-refractivity contribution in [3.05, 3.63) is 35.4 Å². The van der Waals surface area contributed by atoms with Gasteiger partial charge in [-0.25, -0.2) is 14.4 Å². The molecule has 0 saturated carbocycles. The maximum Gasteiger partial charge on any atom is 0.407 e. The van der Waals surface area contributed by atoms with Crippen LogP contribution in [0.4, 0.5) is 9.59 Å². The van der Waals surface area contributed by atoms with E-state index in [2.05, 4.69) is 16.0 Å². The Morgan fingerprint density at radius 2 is 1.75 bits per heavy atom. The highest BCUT2D eigenvalue weighted by molar-refractivity contribution is 5.87. The highest BCUT2D eigenvalue weighted by Gasteiger charge is 2.15. The van der Waals surface area contributed by atoms with Gasteiger partial charge >= 0.3 is 18.1 Å². The second kappa shape index (κ2) is 8.76. The molecule has 0 fully saturated rings. The maximum atomic E-state index is 11.6. The van der Waals surface area contributed by atoms with Gasteiger partial charge in [0, 0.05) is 19.6 Å². The van der Waals surface area contributed by atoms with E-state index in [1.807, 2.05) is 0 Å². The Balaban J connectivity index is 2.24. The van der Waals surface area contributed by atoms with Crippen LogP contribution < -0.4 is 16.0 Å². The molecule has 0 saturated heterocycles. The first-order valence-corrected chi connectivity index (χ1v) is 7.48. The molecule has 8 heteroatoms. The van der Waals surface area contributed by atoms with Crippen LogP contribution in [0.5, 0.6) is 0 Å². The largest absolute Gasteiger partial charge is 0.478 e. The number of rotatable bonds is 6. The first kappa shape index (κ1) is 19.3. The molecule has 0 aliphatic carbocycles. The van der Waals surface area contributed by atoms with E-state index < -0.39 is 23.7 Å². The normalized spacial score (nSPS) is 10.6. The summed E-state index contributed by atoms with van der Waals surface area (Å²) in [7, 11) is 0. The Labute approximate surface area is 140 Å². The predicted molar refractivity (Wildman–Crippen MR) is 87.9 cm³/mol. The number of carboxylic acid groups (broad SMARTS) is 1. The van der Waals surface area contributed by atoms with Crippen molar-refractivity contribution in [3.63, 3.8) is 0 Å². The van der Waals surface area contributed by atoms with Crippen LogP contribution in [0.3, 0.4) is 0 Å². The topological polar surface area (TPSA) is 117 Å². The van der Waals surface area contributed by atoms with E-state index in [9.17, 15) is 14.4 Å². The smallest absolute Gasteiger partial charge is 0.407 e. The molecule has 8 nitrogen and oxygen atoms in total. The van der Waals surface area contributed by atoms with Crippen LogP contribution in [-0.4, -0.2) is 41.9 Å². The third kappa shape index (κ3) is 8.02. The van der Waals surface area contributed by atoms with Gasteiger partial charge in [0.05, 0.1) is 5.56 Å². The minimum Gasteiger partial charge on any atom is -0.478 e. The quantitative estimate of drug-likeness (QED) is 0.590. The van der Waals surface area contributed by atoms with Crippen molar-refractivity contribution in [3.8, 4) is 0 Å². The molecule has 0 aliphatic heterocycles. The molecule has 0 unspecified atom stereocenters. The molecule has 0 radical (unpaired) electrons. The minimum atomic E-state index is -1.02. The van der Waals surface area contributed by atoms with Crippen molar-refractivity contribution in [2.24, 2.45) is 0 Å². The van der Waals surface area contributed by atoms with Gasteiger partial charge in [0.15, 0.2) is 0 Å². The minimum absolute atomic E-state index is 0.163. The van der Waals surface area contributed by atoms with Crippen LogP contribution >= 0.6 is 0 Å². The van der Waals surface area contributed by atoms with Crippen LogP contribution in [0, 0.1) is 0 Å². The van der Waals surface area contributed by atoms with Crippen LogP contribution in [0.2, 0.25) is 0 Å². The molecule has 4 N–H and O–H groups in total. The third-order valence-corrected chi connectivity index (χ3v) is 2.71. The Bertz CT molecular complexity index is 596. The van der Waals surface area contributed by atoms with Gasteiger partial charge in [-0.2, -0.15) is 0 Å². The first-order valence-electron chi connectivity index (χ1n) is 7.48. The molecule has 24 heavy (non-hydrogen) atoms. The molecule has 0 aliphatic rings. The predicted octanol–water partition coefficient (Wildman–Crippen LogP) is 1.71. The summed E-state index contributed by atoms with van der Waals surface area (Å²) in [5.41, 5.74) is 0.271. The second-order valence-electron chi connectivity index (χ2n) is 6.04. The molecular formula is C16H23N3O5. The fourth-order valence-corrected chi connectivity index (χ4v) is 1.71. The number of urea groups is 1. The lowest BCUT2D eigenvalue weighted by Gasteiger charge is -2.19. The number of aromatic carboxylic acids is 1. The molecule has 0 atom stereocenters. The van der Waals surface area contributed by atoms with Gasteiger partial charge in [-0.15, -0.1) is 0 Å². The molecule has 0 heterocycles. The monoisotopic (exact) mass is 337 g/mol. The zero-order valence-corrected chi connectivity index (χ0v) is 14.0. The standard InChI is InChI=1S/C16H23N3O5/c1-16(2,3)24-15(23)18-8-7-17-14(22)19-10-11-5-4-6-12(9-11)13(20)21/h4-6,9H,7-8,10H2,1-3H3,(H,18,23)(H,20,21)(H2,17,19,22). The van der Waals surface area contributed by atoms with Crippen molar-refractivity contribution < 1.29 is 24.2 Å². The van der Waals surface area contributed by atoms with Gasteiger partial charge in [0.1, 0.15) is 5.60 Å². The summed E-state index contributed by atoms with van der Waals surface area (Å²) in [5.74, 6) is -1.02. The fourth-order valence-electron chi connectivity index (χ4n) is 1.71. The number of ether oxygens (including phenoxy) is 1. The number of hydrogen-bond acceptors (Lipinski definition) is 4. The summed E-state index contributed by atoms with van der Waals surface area (Å²) in [6.45, 7) is 5.95. The van der Waals surface area contributed by atoms with E-state index in [0.717, 1.165) is 0 Å². The summed E-state index contributed by atoms with van der Waals surface area (Å²) in [5, 5.41) is 16.6. The van der Waals surface area contributed by atoms with Gasteiger partial charge in [-0.1, -0.05) is 12.1 Å². The zero-order valence-electron chi connectivity index (χ0n) is 14.0. The average molecular weight is 337 g/mol.